The van der Waals surface area contributed by atoms with E-state index in [0.29, 0.717) is 30.0 Å². The molecule has 0 spiro atoms. The lowest BCUT2D eigenvalue weighted by Crippen LogP contribution is -2.35. The highest BCUT2D eigenvalue weighted by Gasteiger charge is 2.18. The van der Waals surface area contributed by atoms with E-state index in [-0.39, 0.29) is 18.6 Å². The number of hydrogen-bond acceptors (Lipinski definition) is 4. The Hall–Kier alpha value is -1.75. The van der Waals surface area contributed by atoms with Gasteiger partial charge in [-0.2, -0.15) is 0 Å². The maximum atomic E-state index is 12.3. The molecule has 0 saturated heterocycles. The van der Waals surface area contributed by atoms with Gasteiger partial charge < -0.3 is 20.9 Å². The van der Waals surface area contributed by atoms with E-state index in [4.69, 9.17) is 15.6 Å². The fourth-order valence-corrected chi connectivity index (χ4v) is 1.86. The van der Waals surface area contributed by atoms with Crippen LogP contribution in [0, 0.1) is 0 Å². The summed E-state index contributed by atoms with van der Waals surface area (Å²) in [4.78, 5) is 12.3. The first-order valence-corrected chi connectivity index (χ1v) is 6.57. The van der Waals surface area contributed by atoms with Crippen LogP contribution in [0.3, 0.4) is 0 Å². The molecule has 0 heterocycles. The summed E-state index contributed by atoms with van der Waals surface area (Å²) in [5.41, 5.74) is 6.61. The Balaban J connectivity index is 2.91. The van der Waals surface area contributed by atoms with E-state index < -0.39 is 0 Å². The molecule has 19 heavy (non-hydrogen) atoms. The fourth-order valence-electron chi connectivity index (χ4n) is 1.86. The predicted octanol–water partition coefficient (Wildman–Crippen LogP) is 1.56. The first kappa shape index (κ1) is 15.3. The number of aliphatic hydroxyl groups excluding tert-OH is 1. The second-order valence-corrected chi connectivity index (χ2v) is 4.24. The van der Waals surface area contributed by atoms with Gasteiger partial charge in [-0.3, -0.25) is 4.79 Å². The number of anilines is 1. The van der Waals surface area contributed by atoms with Crippen LogP contribution in [0.15, 0.2) is 18.2 Å². The number of nitrogens with two attached hydrogens (primary N) is 1. The lowest BCUT2D eigenvalue weighted by atomic mass is 10.1. The lowest BCUT2D eigenvalue weighted by Gasteiger charge is -2.18. The number of nitrogens with one attached hydrogen (secondary N) is 1. The molecule has 5 heteroatoms. The topological polar surface area (TPSA) is 84.6 Å². The third kappa shape index (κ3) is 4.13. The van der Waals surface area contributed by atoms with Crippen molar-refractivity contribution in [2.24, 2.45) is 0 Å². The molecule has 1 rings (SSSR count). The normalized spacial score (nSPS) is 11.9. The van der Waals surface area contributed by atoms with E-state index in [0.717, 1.165) is 6.42 Å². The summed E-state index contributed by atoms with van der Waals surface area (Å²) in [7, 11) is 0. The van der Waals surface area contributed by atoms with Crippen molar-refractivity contribution in [3.05, 3.63) is 23.8 Å². The molecule has 0 fully saturated rings. The summed E-state index contributed by atoms with van der Waals surface area (Å²) in [6.07, 6.45) is 1.28. The van der Waals surface area contributed by atoms with Crippen LogP contribution in [-0.2, 0) is 0 Å². The number of aliphatic hydroxyl groups is 1. The zero-order valence-electron chi connectivity index (χ0n) is 11.5. The van der Waals surface area contributed by atoms with Gasteiger partial charge >= 0.3 is 0 Å². The van der Waals surface area contributed by atoms with Crippen LogP contribution in [0.1, 0.15) is 37.0 Å². The number of benzene rings is 1. The molecule has 0 aliphatic heterocycles. The first-order valence-electron chi connectivity index (χ1n) is 6.57. The standard InChI is InChI=1S/C14H22N2O3/c1-3-10(8-9-17)16-14(18)13-11(15)6-5-7-12(13)19-4-2/h5-7,10,17H,3-4,8-9,15H2,1-2H3,(H,16,18). The summed E-state index contributed by atoms with van der Waals surface area (Å²) >= 11 is 0. The Morgan fingerprint density at radius 3 is 2.79 bits per heavy atom. The second-order valence-electron chi connectivity index (χ2n) is 4.24. The van der Waals surface area contributed by atoms with Crippen molar-refractivity contribution in [1.82, 2.24) is 5.32 Å². The van der Waals surface area contributed by atoms with Crippen LogP contribution < -0.4 is 15.8 Å². The van der Waals surface area contributed by atoms with E-state index in [9.17, 15) is 4.79 Å². The number of rotatable bonds is 7. The molecule has 0 aromatic heterocycles. The Bertz CT molecular complexity index is 421. The molecule has 0 saturated carbocycles. The quantitative estimate of drug-likeness (QED) is 0.654. The summed E-state index contributed by atoms with van der Waals surface area (Å²) in [6.45, 7) is 4.32. The molecule has 0 bridgehead atoms. The third-order valence-corrected chi connectivity index (χ3v) is 2.89. The summed E-state index contributed by atoms with van der Waals surface area (Å²) in [5, 5.41) is 11.8. The molecule has 1 aromatic rings. The molecule has 0 aliphatic carbocycles. The number of amides is 1. The summed E-state index contributed by atoms with van der Waals surface area (Å²) in [6, 6.07) is 5.08. The van der Waals surface area contributed by atoms with Crippen molar-refractivity contribution < 1.29 is 14.6 Å². The van der Waals surface area contributed by atoms with Gasteiger partial charge in [0.25, 0.3) is 5.91 Å². The SMILES string of the molecule is CCOc1cccc(N)c1C(=O)NC(CC)CCO. The minimum atomic E-state index is -0.262. The molecule has 0 aliphatic rings. The third-order valence-electron chi connectivity index (χ3n) is 2.89. The van der Waals surface area contributed by atoms with Gasteiger partial charge in [0.15, 0.2) is 0 Å². The lowest BCUT2D eigenvalue weighted by molar-refractivity contribution is 0.0926. The Morgan fingerprint density at radius 2 is 2.21 bits per heavy atom. The molecule has 0 radical (unpaired) electrons. The molecule has 1 aromatic carbocycles. The highest BCUT2D eigenvalue weighted by molar-refractivity contribution is 6.02. The van der Waals surface area contributed by atoms with Crippen LogP contribution >= 0.6 is 0 Å². The van der Waals surface area contributed by atoms with Crippen molar-refractivity contribution in [2.45, 2.75) is 32.7 Å². The van der Waals surface area contributed by atoms with Crippen molar-refractivity contribution in [2.75, 3.05) is 18.9 Å². The van der Waals surface area contributed by atoms with Gasteiger partial charge in [0, 0.05) is 18.3 Å². The van der Waals surface area contributed by atoms with Crippen LogP contribution in [-0.4, -0.2) is 30.3 Å². The van der Waals surface area contributed by atoms with E-state index >= 15 is 0 Å². The van der Waals surface area contributed by atoms with Crippen LogP contribution in [0.2, 0.25) is 0 Å². The highest BCUT2D eigenvalue weighted by atomic mass is 16.5. The van der Waals surface area contributed by atoms with Crippen LogP contribution in [0.25, 0.3) is 0 Å². The zero-order valence-corrected chi connectivity index (χ0v) is 11.5. The number of carbonyl (C=O) groups excluding carboxylic acids is 1. The minimum absolute atomic E-state index is 0.0430. The highest BCUT2D eigenvalue weighted by Crippen LogP contribution is 2.24. The predicted molar refractivity (Wildman–Crippen MR) is 75.3 cm³/mol. The van der Waals surface area contributed by atoms with Crippen LogP contribution in [0.5, 0.6) is 5.75 Å². The summed E-state index contributed by atoms with van der Waals surface area (Å²) in [5.74, 6) is 0.223. The number of hydrogen-bond donors (Lipinski definition) is 3. The monoisotopic (exact) mass is 266 g/mol. The Labute approximate surface area is 113 Å². The van der Waals surface area contributed by atoms with Gasteiger partial charge in [0.1, 0.15) is 11.3 Å². The van der Waals surface area contributed by atoms with E-state index in [2.05, 4.69) is 5.32 Å². The zero-order chi connectivity index (χ0) is 14.3. The molecular weight excluding hydrogens is 244 g/mol. The van der Waals surface area contributed by atoms with Gasteiger partial charge in [0.2, 0.25) is 0 Å². The molecule has 1 atom stereocenters. The van der Waals surface area contributed by atoms with Crippen molar-refractivity contribution in [3.8, 4) is 5.75 Å². The number of ether oxygens (including phenoxy) is 1. The van der Waals surface area contributed by atoms with E-state index in [1.54, 1.807) is 18.2 Å². The smallest absolute Gasteiger partial charge is 0.257 e. The van der Waals surface area contributed by atoms with Gasteiger partial charge in [-0.1, -0.05) is 13.0 Å². The average molecular weight is 266 g/mol. The van der Waals surface area contributed by atoms with Gasteiger partial charge in [-0.25, -0.2) is 0 Å². The van der Waals surface area contributed by atoms with E-state index in [1.165, 1.54) is 0 Å². The van der Waals surface area contributed by atoms with Gasteiger partial charge in [-0.15, -0.1) is 0 Å². The Morgan fingerprint density at radius 1 is 1.47 bits per heavy atom. The second kappa shape index (κ2) is 7.63. The van der Waals surface area contributed by atoms with Crippen molar-refractivity contribution in [3.63, 3.8) is 0 Å². The van der Waals surface area contributed by atoms with Crippen molar-refractivity contribution in [1.29, 1.82) is 0 Å². The molecule has 4 N–H and O–H groups in total. The fraction of sp³-hybridized carbons (Fsp3) is 0.500. The largest absolute Gasteiger partial charge is 0.493 e. The molecular formula is C14H22N2O3. The molecule has 5 nitrogen and oxygen atoms in total. The molecule has 1 unspecified atom stereocenters. The average Bonchev–Trinajstić information content (AvgIpc) is 2.38. The molecule has 106 valence electrons. The number of carbonyl (C=O) groups is 1. The first-order chi connectivity index (χ1) is 9.13. The van der Waals surface area contributed by atoms with Crippen LogP contribution in [0.4, 0.5) is 5.69 Å². The Kier molecular flexibility index (Phi) is 6.15. The van der Waals surface area contributed by atoms with Gasteiger partial charge in [-0.05, 0) is 31.9 Å². The molecule has 1 amide bonds. The minimum Gasteiger partial charge on any atom is -0.493 e. The maximum absolute atomic E-state index is 12.3. The number of nitrogen functional groups attached to an aromatic ring is 1. The maximum Gasteiger partial charge on any atom is 0.257 e. The van der Waals surface area contributed by atoms with Crippen molar-refractivity contribution >= 4 is 11.6 Å². The summed E-state index contributed by atoms with van der Waals surface area (Å²) < 4.78 is 5.42. The van der Waals surface area contributed by atoms with Gasteiger partial charge in [0.05, 0.1) is 6.61 Å². The van der Waals surface area contributed by atoms with E-state index in [1.807, 2.05) is 13.8 Å².